The van der Waals surface area contributed by atoms with Gasteiger partial charge in [-0.1, -0.05) is 12.1 Å². The Labute approximate surface area is 171 Å². The van der Waals surface area contributed by atoms with Crippen molar-refractivity contribution in [3.63, 3.8) is 0 Å². The fourth-order valence-corrected chi connectivity index (χ4v) is 4.09. The lowest BCUT2D eigenvalue weighted by Gasteiger charge is -2.31. The van der Waals surface area contributed by atoms with Crippen molar-refractivity contribution in [3.8, 4) is 0 Å². The molecule has 0 atom stereocenters. The van der Waals surface area contributed by atoms with Crippen molar-refractivity contribution in [3.05, 3.63) is 59.9 Å². The van der Waals surface area contributed by atoms with Crippen LogP contribution in [0.4, 0.5) is 10.1 Å². The number of nitrogens with zero attached hydrogens (tertiary/aromatic N) is 1. The van der Waals surface area contributed by atoms with Gasteiger partial charge in [0.1, 0.15) is 5.82 Å². The number of hydrogen-bond donors (Lipinski definition) is 2. The SMILES string of the molecule is NS(=O)(=O)c1ccc(NC(=O)CCN2CCC(Cc3ccc(F)cc3)CC2)cc1. The van der Waals surface area contributed by atoms with E-state index in [9.17, 15) is 17.6 Å². The number of nitrogens with one attached hydrogen (secondary N) is 1. The number of hydrogen-bond acceptors (Lipinski definition) is 4. The Morgan fingerprint density at radius 3 is 2.28 bits per heavy atom. The van der Waals surface area contributed by atoms with Crippen LogP contribution >= 0.6 is 0 Å². The third kappa shape index (κ3) is 6.62. The normalized spacial score (nSPS) is 15.9. The zero-order valence-corrected chi connectivity index (χ0v) is 17.0. The lowest BCUT2D eigenvalue weighted by atomic mass is 9.90. The third-order valence-electron chi connectivity index (χ3n) is 5.27. The van der Waals surface area contributed by atoms with Crippen molar-refractivity contribution < 1.29 is 17.6 Å². The van der Waals surface area contributed by atoms with E-state index in [-0.39, 0.29) is 16.6 Å². The van der Waals surface area contributed by atoms with Crippen LogP contribution < -0.4 is 10.5 Å². The Bertz CT molecular complexity index is 923. The molecular formula is C21H26FN3O3S. The van der Waals surface area contributed by atoms with Crippen molar-refractivity contribution in [2.75, 3.05) is 25.0 Å². The number of carbonyl (C=O) groups excluding carboxylic acids is 1. The first-order chi connectivity index (χ1) is 13.8. The summed E-state index contributed by atoms with van der Waals surface area (Å²) in [6, 6.07) is 12.5. The Morgan fingerprint density at radius 2 is 1.69 bits per heavy atom. The molecule has 156 valence electrons. The van der Waals surface area contributed by atoms with Gasteiger partial charge in [-0.25, -0.2) is 17.9 Å². The molecule has 0 bridgehead atoms. The predicted octanol–water partition coefficient (Wildman–Crippen LogP) is 2.76. The molecule has 29 heavy (non-hydrogen) atoms. The minimum absolute atomic E-state index is 0.0130. The first kappa shape index (κ1) is 21.4. The number of amides is 1. The van der Waals surface area contributed by atoms with Crippen LogP contribution in [0.25, 0.3) is 0 Å². The van der Waals surface area contributed by atoms with Gasteiger partial charge in [-0.05, 0) is 80.2 Å². The van der Waals surface area contributed by atoms with Crippen molar-refractivity contribution in [1.29, 1.82) is 0 Å². The minimum Gasteiger partial charge on any atom is -0.326 e. The number of primary sulfonamides is 1. The molecule has 0 aliphatic carbocycles. The van der Waals surface area contributed by atoms with E-state index in [1.165, 1.54) is 36.4 Å². The number of halogens is 1. The van der Waals surface area contributed by atoms with Gasteiger partial charge in [0.2, 0.25) is 15.9 Å². The molecule has 3 rings (SSSR count). The topological polar surface area (TPSA) is 92.5 Å². The molecule has 0 unspecified atom stereocenters. The maximum Gasteiger partial charge on any atom is 0.238 e. The van der Waals surface area contributed by atoms with Crippen LogP contribution in [0.3, 0.4) is 0 Å². The van der Waals surface area contributed by atoms with Gasteiger partial charge >= 0.3 is 0 Å². The average molecular weight is 420 g/mol. The van der Waals surface area contributed by atoms with Crippen molar-refractivity contribution >= 4 is 21.6 Å². The summed E-state index contributed by atoms with van der Waals surface area (Å²) in [6.07, 6.45) is 3.46. The van der Waals surface area contributed by atoms with E-state index in [1.54, 1.807) is 0 Å². The highest BCUT2D eigenvalue weighted by atomic mass is 32.2. The highest BCUT2D eigenvalue weighted by Crippen LogP contribution is 2.22. The van der Waals surface area contributed by atoms with Gasteiger partial charge in [0.15, 0.2) is 0 Å². The summed E-state index contributed by atoms with van der Waals surface area (Å²) >= 11 is 0. The Kier molecular flexibility index (Phi) is 7.00. The van der Waals surface area contributed by atoms with Gasteiger partial charge in [0, 0.05) is 18.7 Å². The van der Waals surface area contributed by atoms with Crippen LogP contribution in [0.5, 0.6) is 0 Å². The molecular weight excluding hydrogens is 393 g/mol. The summed E-state index contributed by atoms with van der Waals surface area (Å²) in [7, 11) is -3.74. The molecule has 0 spiro atoms. The van der Waals surface area contributed by atoms with E-state index in [2.05, 4.69) is 10.2 Å². The average Bonchev–Trinajstić information content (AvgIpc) is 2.69. The molecule has 3 N–H and O–H groups in total. The second-order valence-electron chi connectivity index (χ2n) is 7.48. The maximum atomic E-state index is 13.0. The standard InChI is InChI=1S/C21H26FN3O3S/c22-18-3-1-16(2-4-18)15-17-9-12-25(13-10-17)14-11-21(26)24-19-5-7-20(8-6-19)29(23,27)28/h1-8,17H,9-15H2,(H,24,26)(H2,23,27,28). The molecule has 1 aliphatic rings. The van der Waals surface area contributed by atoms with Crippen LogP contribution in [0.1, 0.15) is 24.8 Å². The molecule has 1 heterocycles. The summed E-state index contributed by atoms with van der Waals surface area (Å²) in [5, 5.41) is 7.84. The molecule has 6 nitrogen and oxygen atoms in total. The number of likely N-dealkylation sites (tertiary alicyclic amines) is 1. The zero-order chi connectivity index (χ0) is 20.9. The van der Waals surface area contributed by atoms with Gasteiger partial charge in [-0.15, -0.1) is 0 Å². The lowest BCUT2D eigenvalue weighted by Crippen LogP contribution is -2.36. The Hall–Kier alpha value is -2.29. The molecule has 2 aromatic rings. The van der Waals surface area contributed by atoms with E-state index >= 15 is 0 Å². The van der Waals surface area contributed by atoms with Gasteiger partial charge in [0.25, 0.3) is 0 Å². The highest BCUT2D eigenvalue weighted by molar-refractivity contribution is 7.89. The molecule has 0 radical (unpaired) electrons. The van der Waals surface area contributed by atoms with Crippen LogP contribution in [0.2, 0.25) is 0 Å². The summed E-state index contributed by atoms with van der Waals surface area (Å²) in [6.45, 7) is 2.58. The van der Waals surface area contributed by atoms with Gasteiger partial charge in [-0.2, -0.15) is 0 Å². The van der Waals surface area contributed by atoms with Gasteiger partial charge in [0.05, 0.1) is 4.90 Å². The van der Waals surface area contributed by atoms with Crippen LogP contribution in [0.15, 0.2) is 53.4 Å². The van der Waals surface area contributed by atoms with Crippen molar-refractivity contribution in [2.24, 2.45) is 11.1 Å². The lowest BCUT2D eigenvalue weighted by molar-refractivity contribution is -0.116. The first-order valence-electron chi connectivity index (χ1n) is 9.69. The molecule has 2 aromatic carbocycles. The second-order valence-corrected chi connectivity index (χ2v) is 9.04. The monoisotopic (exact) mass is 419 g/mol. The van der Waals surface area contributed by atoms with E-state index in [4.69, 9.17) is 5.14 Å². The van der Waals surface area contributed by atoms with E-state index in [0.29, 0.717) is 24.6 Å². The van der Waals surface area contributed by atoms with E-state index < -0.39 is 10.0 Å². The summed E-state index contributed by atoms with van der Waals surface area (Å²) in [4.78, 5) is 14.5. The van der Waals surface area contributed by atoms with Crippen LogP contribution in [-0.4, -0.2) is 38.9 Å². The first-order valence-corrected chi connectivity index (χ1v) is 11.2. The molecule has 0 saturated carbocycles. The van der Waals surface area contributed by atoms with Gasteiger partial charge < -0.3 is 10.2 Å². The number of sulfonamides is 1. The Morgan fingerprint density at radius 1 is 1.07 bits per heavy atom. The number of piperidine rings is 1. The van der Waals surface area contributed by atoms with Crippen molar-refractivity contribution in [1.82, 2.24) is 4.90 Å². The number of rotatable bonds is 7. The third-order valence-corrected chi connectivity index (χ3v) is 6.20. The molecule has 8 heteroatoms. The molecule has 1 fully saturated rings. The molecule has 1 aliphatic heterocycles. The number of anilines is 1. The maximum absolute atomic E-state index is 13.0. The number of benzene rings is 2. The zero-order valence-electron chi connectivity index (χ0n) is 16.2. The summed E-state index contributed by atoms with van der Waals surface area (Å²) in [5.41, 5.74) is 1.71. The molecule has 1 amide bonds. The van der Waals surface area contributed by atoms with Gasteiger partial charge in [-0.3, -0.25) is 4.79 Å². The van der Waals surface area contributed by atoms with Crippen molar-refractivity contribution in [2.45, 2.75) is 30.6 Å². The second kappa shape index (κ2) is 9.47. The number of carbonyl (C=O) groups is 1. The van der Waals surface area contributed by atoms with E-state index in [0.717, 1.165) is 37.9 Å². The number of nitrogens with two attached hydrogens (primary N) is 1. The highest BCUT2D eigenvalue weighted by Gasteiger charge is 2.20. The van der Waals surface area contributed by atoms with E-state index in [1.807, 2.05) is 12.1 Å². The molecule has 0 aromatic heterocycles. The fraction of sp³-hybridized carbons (Fsp3) is 0.381. The summed E-state index contributed by atoms with van der Waals surface area (Å²) < 4.78 is 35.5. The smallest absolute Gasteiger partial charge is 0.238 e. The quantitative estimate of drug-likeness (QED) is 0.722. The summed E-state index contributed by atoms with van der Waals surface area (Å²) in [5.74, 6) is 0.270. The predicted molar refractivity (Wildman–Crippen MR) is 110 cm³/mol. The Balaban J connectivity index is 1.38. The largest absolute Gasteiger partial charge is 0.326 e. The van der Waals surface area contributed by atoms with Crippen LogP contribution in [0, 0.1) is 11.7 Å². The minimum atomic E-state index is -3.74. The van der Waals surface area contributed by atoms with Crippen LogP contribution in [-0.2, 0) is 21.2 Å². The fourth-order valence-electron chi connectivity index (χ4n) is 3.58. The molecule has 1 saturated heterocycles.